The summed E-state index contributed by atoms with van der Waals surface area (Å²) < 4.78 is 5.03. The maximum Gasteiger partial charge on any atom is 0.338 e. The van der Waals surface area contributed by atoms with E-state index in [1.807, 2.05) is 6.92 Å². The highest BCUT2D eigenvalue weighted by molar-refractivity contribution is 6.32. The molecule has 1 aliphatic rings. The molecular weight excluding hydrogens is 376 g/mol. The number of nitro benzene ring substituents is 1. The van der Waals surface area contributed by atoms with E-state index in [4.69, 9.17) is 16.3 Å². The molecule has 0 atom stereocenters. The summed E-state index contributed by atoms with van der Waals surface area (Å²) in [7, 11) is 0. The second-order valence-electron chi connectivity index (χ2n) is 5.87. The first-order valence-electron chi connectivity index (χ1n) is 7.87. The Bertz CT molecular complexity index is 988. The SMILES string of the molecule is Cc1ccc2c(c1)C(=O)N(CCOC(=O)c1ccc(Cl)c([N+](=O)[O-])c1)C2=O. The first-order chi connectivity index (χ1) is 12.8. The number of halogens is 1. The number of amides is 2. The lowest BCUT2D eigenvalue weighted by atomic mass is 10.1. The number of aryl methyl sites for hydroxylation is 1. The highest BCUT2D eigenvalue weighted by atomic mass is 35.5. The standard InChI is InChI=1S/C18H13ClN2O6/c1-10-2-4-12-13(8-10)17(23)20(16(12)22)6-7-27-18(24)11-3-5-14(19)15(9-11)21(25)26/h2-5,8-9H,6-7H2,1H3. The molecule has 3 rings (SSSR count). The van der Waals surface area contributed by atoms with Crippen LogP contribution >= 0.6 is 11.6 Å². The van der Waals surface area contributed by atoms with Gasteiger partial charge in [-0.1, -0.05) is 23.2 Å². The minimum atomic E-state index is -0.817. The van der Waals surface area contributed by atoms with E-state index in [0.29, 0.717) is 11.1 Å². The molecule has 27 heavy (non-hydrogen) atoms. The largest absolute Gasteiger partial charge is 0.460 e. The van der Waals surface area contributed by atoms with Gasteiger partial charge < -0.3 is 4.74 Å². The van der Waals surface area contributed by atoms with Gasteiger partial charge in [0.1, 0.15) is 11.6 Å². The highest BCUT2D eigenvalue weighted by Gasteiger charge is 2.35. The van der Waals surface area contributed by atoms with Gasteiger partial charge in [-0.25, -0.2) is 4.79 Å². The maximum atomic E-state index is 12.3. The molecule has 0 N–H and O–H groups in total. The van der Waals surface area contributed by atoms with Crippen LogP contribution in [-0.2, 0) is 4.74 Å². The monoisotopic (exact) mass is 388 g/mol. The van der Waals surface area contributed by atoms with Crippen molar-refractivity contribution in [1.29, 1.82) is 0 Å². The van der Waals surface area contributed by atoms with Crippen LogP contribution in [0.15, 0.2) is 36.4 Å². The van der Waals surface area contributed by atoms with Crippen LogP contribution in [0.25, 0.3) is 0 Å². The lowest BCUT2D eigenvalue weighted by Gasteiger charge is -2.13. The number of nitrogens with zero attached hydrogens (tertiary/aromatic N) is 2. The molecule has 0 unspecified atom stereocenters. The van der Waals surface area contributed by atoms with Crippen LogP contribution in [-0.4, -0.2) is 40.8 Å². The molecular formula is C18H13ClN2O6. The van der Waals surface area contributed by atoms with Crippen molar-refractivity contribution in [2.45, 2.75) is 6.92 Å². The molecule has 0 aliphatic carbocycles. The summed E-state index contributed by atoms with van der Waals surface area (Å²) in [6, 6.07) is 8.49. The third-order valence-electron chi connectivity index (χ3n) is 4.05. The Morgan fingerprint density at radius 3 is 2.56 bits per heavy atom. The van der Waals surface area contributed by atoms with Crippen LogP contribution in [0.2, 0.25) is 5.02 Å². The lowest BCUT2D eigenvalue weighted by Crippen LogP contribution is -2.33. The molecule has 9 heteroatoms. The Morgan fingerprint density at radius 2 is 1.85 bits per heavy atom. The van der Waals surface area contributed by atoms with Gasteiger partial charge in [-0.3, -0.25) is 24.6 Å². The van der Waals surface area contributed by atoms with E-state index in [1.54, 1.807) is 18.2 Å². The average Bonchev–Trinajstić information content (AvgIpc) is 2.86. The smallest absolute Gasteiger partial charge is 0.338 e. The van der Waals surface area contributed by atoms with Crippen molar-refractivity contribution >= 4 is 35.1 Å². The molecule has 2 aromatic rings. The van der Waals surface area contributed by atoms with Crippen molar-refractivity contribution in [3.63, 3.8) is 0 Å². The van der Waals surface area contributed by atoms with Crippen LogP contribution in [0.5, 0.6) is 0 Å². The molecule has 1 heterocycles. The van der Waals surface area contributed by atoms with Crippen LogP contribution in [0.3, 0.4) is 0 Å². The Labute approximate surface area is 158 Å². The zero-order valence-electron chi connectivity index (χ0n) is 14.1. The van der Waals surface area contributed by atoms with E-state index in [0.717, 1.165) is 16.5 Å². The van der Waals surface area contributed by atoms with Gasteiger partial charge in [-0.2, -0.15) is 0 Å². The number of esters is 1. The molecule has 2 aromatic carbocycles. The molecule has 0 fully saturated rings. The molecule has 0 saturated carbocycles. The molecule has 2 amide bonds. The second-order valence-corrected chi connectivity index (χ2v) is 6.28. The number of carbonyl (C=O) groups excluding carboxylic acids is 3. The van der Waals surface area contributed by atoms with Crippen molar-refractivity contribution in [1.82, 2.24) is 4.90 Å². The van der Waals surface area contributed by atoms with Gasteiger partial charge in [-0.05, 0) is 31.2 Å². The third-order valence-corrected chi connectivity index (χ3v) is 4.37. The molecule has 0 spiro atoms. The average molecular weight is 389 g/mol. The van der Waals surface area contributed by atoms with Gasteiger partial charge >= 0.3 is 5.97 Å². The topological polar surface area (TPSA) is 107 Å². The van der Waals surface area contributed by atoms with E-state index in [9.17, 15) is 24.5 Å². The lowest BCUT2D eigenvalue weighted by molar-refractivity contribution is -0.384. The fraction of sp³-hybridized carbons (Fsp3) is 0.167. The van der Waals surface area contributed by atoms with Gasteiger partial charge in [0, 0.05) is 6.07 Å². The summed E-state index contributed by atoms with van der Waals surface area (Å²) in [5, 5.41) is 10.8. The van der Waals surface area contributed by atoms with Gasteiger partial charge in [0.05, 0.1) is 28.2 Å². The number of rotatable bonds is 5. The number of fused-ring (bicyclic) bond motifs is 1. The summed E-state index contributed by atoms with van der Waals surface area (Å²) in [5.41, 5.74) is 1.02. The molecule has 0 saturated heterocycles. The number of nitro groups is 1. The van der Waals surface area contributed by atoms with Crippen molar-refractivity contribution in [3.05, 3.63) is 73.8 Å². The first kappa shape index (κ1) is 18.5. The number of hydrogen-bond donors (Lipinski definition) is 0. The minimum absolute atomic E-state index is 0.0518. The van der Waals surface area contributed by atoms with E-state index >= 15 is 0 Å². The van der Waals surface area contributed by atoms with Crippen molar-refractivity contribution in [3.8, 4) is 0 Å². The highest BCUT2D eigenvalue weighted by Crippen LogP contribution is 2.26. The zero-order chi connectivity index (χ0) is 19.7. The molecule has 0 bridgehead atoms. The predicted octanol–water partition coefficient (Wildman–Crippen LogP) is 3.01. The summed E-state index contributed by atoms with van der Waals surface area (Å²) in [6.07, 6.45) is 0. The second kappa shape index (κ2) is 7.16. The fourth-order valence-corrected chi connectivity index (χ4v) is 2.89. The quantitative estimate of drug-likeness (QED) is 0.337. The summed E-state index contributed by atoms with van der Waals surface area (Å²) in [6.45, 7) is 1.46. The molecule has 8 nitrogen and oxygen atoms in total. The number of hydrogen-bond acceptors (Lipinski definition) is 6. The van der Waals surface area contributed by atoms with E-state index in [2.05, 4.69) is 0 Å². The van der Waals surface area contributed by atoms with Crippen molar-refractivity contribution in [2.75, 3.05) is 13.2 Å². The molecule has 138 valence electrons. The molecule has 0 radical (unpaired) electrons. The van der Waals surface area contributed by atoms with E-state index < -0.39 is 28.4 Å². The van der Waals surface area contributed by atoms with Crippen molar-refractivity contribution in [2.24, 2.45) is 0 Å². The number of ether oxygens (including phenoxy) is 1. The molecule has 1 aliphatic heterocycles. The van der Waals surface area contributed by atoms with Gasteiger partial charge in [0.15, 0.2) is 0 Å². The van der Waals surface area contributed by atoms with Gasteiger partial charge in [0.2, 0.25) is 0 Å². The summed E-state index contributed by atoms with van der Waals surface area (Å²) in [5.74, 6) is -1.72. The maximum absolute atomic E-state index is 12.3. The number of imide groups is 1. The third kappa shape index (κ3) is 3.52. The van der Waals surface area contributed by atoms with Crippen LogP contribution in [0, 0.1) is 17.0 Å². The summed E-state index contributed by atoms with van der Waals surface area (Å²) in [4.78, 5) is 47.9. The predicted molar refractivity (Wildman–Crippen MR) is 94.9 cm³/mol. The molecule has 0 aromatic heterocycles. The Morgan fingerprint density at radius 1 is 1.15 bits per heavy atom. The Hall–Kier alpha value is -3.26. The minimum Gasteiger partial charge on any atom is -0.460 e. The number of benzene rings is 2. The first-order valence-corrected chi connectivity index (χ1v) is 8.25. The van der Waals surface area contributed by atoms with Crippen LogP contribution in [0.4, 0.5) is 5.69 Å². The summed E-state index contributed by atoms with van der Waals surface area (Å²) >= 11 is 5.70. The fourth-order valence-electron chi connectivity index (χ4n) is 2.70. The van der Waals surface area contributed by atoms with E-state index in [-0.39, 0.29) is 23.7 Å². The Kier molecular flexibility index (Phi) is 4.91. The van der Waals surface area contributed by atoms with Gasteiger partial charge in [-0.15, -0.1) is 0 Å². The van der Waals surface area contributed by atoms with Gasteiger partial charge in [0.25, 0.3) is 17.5 Å². The zero-order valence-corrected chi connectivity index (χ0v) is 14.9. The Balaban J connectivity index is 1.65. The van der Waals surface area contributed by atoms with E-state index in [1.165, 1.54) is 12.1 Å². The van der Waals surface area contributed by atoms with Crippen LogP contribution in [0.1, 0.15) is 36.6 Å². The van der Waals surface area contributed by atoms with Crippen molar-refractivity contribution < 1.29 is 24.0 Å². The number of carbonyl (C=O) groups is 3. The normalized spacial score (nSPS) is 12.9. The van der Waals surface area contributed by atoms with Crippen LogP contribution < -0.4 is 0 Å².